The van der Waals surface area contributed by atoms with Crippen LogP contribution in [-0.4, -0.2) is 19.0 Å². The molecule has 0 spiro atoms. The molecule has 4 heteroatoms. The number of nitrogens with one attached hydrogen (secondary N) is 1. The van der Waals surface area contributed by atoms with E-state index in [-0.39, 0.29) is 18.1 Å². The maximum Gasteiger partial charge on any atom is 0.231 e. The van der Waals surface area contributed by atoms with E-state index in [2.05, 4.69) is 5.32 Å². The van der Waals surface area contributed by atoms with E-state index in [1.807, 2.05) is 24.3 Å². The van der Waals surface area contributed by atoms with Crippen LogP contribution in [0.1, 0.15) is 12.0 Å². The molecule has 3 rings (SSSR count). The molecule has 0 saturated heterocycles. The fourth-order valence-corrected chi connectivity index (χ4v) is 2.62. The zero-order valence-corrected chi connectivity index (χ0v) is 11.7. The van der Waals surface area contributed by atoms with Crippen molar-refractivity contribution < 1.29 is 9.18 Å². The maximum absolute atomic E-state index is 13.2. The third-order valence-corrected chi connectivity index (χ3v) is 3.61. The first-order valence-corrected chi connectivity index (χ1v) is 7.12. The van der Waals surface area contributed by atoms with Crippen LogP contribution in [0.2, 0.25) is 0 Å². The van der Waals surface area contributed by atoms with Crippen molar-refractivity contribution in [3.05, 3.63) is 59.9 Å². The van der Waals surface area contributed by atoms with Crippen molar-refractivity contribution in [1.82, 2.24) is 0 Å². The Kier molecular flexibility index (Phi) is 3.86. The van der Waals surface area contributed by atoms with Gasteiger partial charge in [-0.2, -0.15) is 0 Å². The molecule has 2 aromatic rings. The summed E-state index contributed by atoms with van der Waals surface area (Å²) in [5, 5.41) is 3.33. The van der Waals surface area contributed by atoms with E-state index in [0.717, 1.165) is 24.3 Å². The summed E-state index contributed by atoms with van der Waals surface area (Å²) < 4.78 is 13.2. The SMILES string of the molecule is O=C(Cc1cccc(F)c1)N1CCCNc2ccccc21. The number of halogens is 1. The molecule has 0 atom stereocenters. The second-order valence-electron chi connectivity index (χ2n) is 5.15. The average Bonchev–Trinajstić information content (AvgIpc) is 2.69. The van der Waals surface area contributed by atoms with E-state index >= 15 is 0 Å². The highest BCUT2D eigenvalue weighted by atomic mass is 19.1. The Balaban J connectivity index is 1.84. The van der Waals surface area contributed by atoms with Gasteiger partial charge in [0.05, 0.1) is 17.8 Å². The monoisotopic (exact) mass is 284 g/mol. The molecule has 3 nitrogen and oxygen atoms in total. The number of nitrogens with zero attached hydrogens (tertiary/aromatic N) is 1. The predicted octanol–water partition coefficient (Wildman–Crippen LogP) is 3.22. The molecular formula is C17H17FN2O. The van der Waals surface area contributed by atoms with Gasteiger partial charge in [-0.25, -0.2) is 4.39 Å². The van der Waals surface area contributed by atoms with Crippen LogP contribution in [0.5, 0.6) is 0 Å². The van der Waals surface area contributed by atoms with Crippen molar-refractivity contribution >= 4 is 17.3 Å². The Hall–Kier alpha value is -2.36. The first kappa shape index (κ1) is 13.6. The van der Waals surface area contributed by atoms with Crippen molar-refractivity contribution in [2.75, 3.05) is 23.3 Å². The van der Waals surface area contributed by atoms with Crippen LogP contribution < -0.4 is 10.2 Å². The molecule has 0 fully saturated rings. The number of amides is 1. The van der Waals surface area contributed by atoms with E-state index in [1.165, 1.54) is 12.1 Å². The molecule has 0 aromatic heterocycles. The third kappa shape index (κ3) is 3.05. The Morgan fingerprint density at radius 2 is 2.05 bits per heavy atom. The molecule has 1 aliphatic heterocycles. The molecule has 0 radical (unpaired) electrons. The van der Waals surface area contributed by atoms with E-state index in [4.69, 9.17) is 0 Å². The van der Waals surface area contributed by atoms with E-state index in [1.54, 1.807) is 17.0 Å². The smallest absolute Gasteiger partial charge is 0.231 e. The predicted molar refractivity (Wildman–Crippen MR) is 82.0 cm³/mol. The van der Waals surface area contributed by atoms with Gasteiger partial charge in [0.2, 0.25) is 5.91 Å². The van der Waals surface area contributed by atoms with Gasteiger partial charge in [0, 0.05) is 13.1 Å². The van der Waals surface area contributed by atoms with Gasteiger partial charge >= 0.3 is 0 Å². The molecule has 1 aliphatic rings. The standard InChI is InChI=1S/C17H17FN2O/c18-14-6-3-5-13(11-14)12-17(21)20-10-4-9-19-15-7-1-2-8-16(15)20/h1-3,5-8,11,19H,4,9-10,12H2. The summed E-state index contributed by atoms with van der Waals surface area (Å²) in [6, 6.07) is 14.0. The summed E-state index contributed by atoms with van der Waals surface area (Å²) in [5.74, 6) is -0.310. The van der Waals surface area contributed by atoms with Crippen LogP contribution in [0.4, 0.5) is 15.8 Å². The molecule has 0 unspecified atom stereocenters. The summed E-state index contributed by atoms with van der Waals surface area (Å²) in [6.07, 6.45) is 1.11. The Morgan fingerprint density at radius 1 is 1.19 bits per heavy atom. The van der Waals surface area contributed by atoms with Crippen molar-refractivity contribution in [3.8, 4) is 0 Å². The Labute approximate surface area is 123 Å². The molecular weight excluding hydrogens is 267 g/mol. The first-order valence-electron chi connectivity index (χ1n) is 7.12. The largest absolute Gasteiger partial charge is 0.383 e. The molecule has 2 aromatic carbocycles. The van der Waals surface area contributed by atoms with E-state index in [0.29, 0.717) is 12.1 Å². The van der Waals surface area contributed by atoms with E-state index < -0.39 is 0 Å². The highest BCUT2D eigenvalue weighted by Gasteiger charge is 2.20. The number of rotatable bonds is 2. The number of para-hydroxylation sites is 2. The average molecular weight is 284 g/mol. The molecule has 21 heavy (non-hydrogen) atoms. The number of carbonyl (C=O) groups excluding carboxylic acids is 1. The van der Waals surface area contributed by atoms with Crippen LogP contribution in [0, 0.1) is 5.82 Å². The Morgan fingerprint density at radius 3 is 2.90 bits per heavy atom. The fraction of sp³-hybridized carbons (Fsp3) is 0.235. The lowest BCUT2D eigenvalue weighted by molar-refractivity contribution is -0.118. The number of benzene rings is 2. The normalized spacial score (nSPS) is 14.0. The second kappa shape index (κ2) is 5.95. The summed E-state index contributed by atoms with van der Waals surface area (Å²) in [4.78, 5) is 14.4. The summed E-state index contributed by atoms with van der Waals surface area (Å²) in [5.41, 5.74) is 2.58. The lowest BCUT2D eigenvalue weighted by Crippen LogP contribution is -2.32. The van der Waals surface area contributed by atoms with Gasteiger partial charge in [-0.3, -0.25) is 4.79 Å². The number of hydrogen-bond acceptors (Lipinski definition) is 2. The molecule has 1 N–H and O–H groups in total. The number of hydrogen-bond donors (Lipinski definition) is 1. The van der Waals surface area contributed by atoms with Crippen molar-refractivity contribution in [3.63, 3.8) is 0 Å². The third-order valence-electron chi connectivity index (χ3n) is 3.61. The van der Waals surface area contributed by atoms with Crippen LogP contribution in [-0.2, 0) is 11.2 Å². The topological polar surface area (TPSA) is 32.3 Å². The summed E-state index contributed by atoms with van der Waals surface area (Å²) >= 11 is 0. The molecule has 1 amide bonds. The van der Waals surface area contributed by atoms with Gasteiger partial charge in [-0.1, -0.05) is 24.3 Å². The van der Waals surface area contributed by atoms with Gasteiger partial charge in [-0.05, 0) is 36.2 Å². The number of anilines is 2. The van der Waals surface area contributed by atoms with Gasteiger partial charge in [0.25, 0.3) is 0 Å². The highest BCUT2D eigenvalue weighted by Crippen LogP contribution is 2.28. The minimum atomic E-state index is -0.307. The highest BCUT2D eigenvalue weighted by molar-refractivity contribution is 5.98. The minimum absolute atomic E-state index is 0.00301. The molecule has 108 valence electrons. The van der Waals surface area contributed by atoms with Crippen molar-refractivity contribution in [2.24, 2.45) is 0 Å². The van der Waals surface area contributed by atoms with Crippen LogP contribution >= 0.6 is 0 Å². The van der Waals surface area contributed by atoms with Gasteiger partial charge in [0.15, 0.2) is 0 Å². The quantitative estimate of drug-likeness (QED) is 0.918. The molecule has 0 bridgehead atoms. The zero-order chi connectivity index (χ0) is 14.7. The summed E-state index contributed by atoms with van der Waals surface area (Å²) in [6.45, 7) is 1.53. The maximum atomic E-state index is 13.2. The lowest BCUT2D eigenvalue weighted by atomic mass is 10.1. The van der Waals surface area contributed by atoms with Gasteiger partial charge < -0.3 is 10.2 Å². The van der Waals surface area contributed by atoms with Gasteiger partial charge in [-0.15, -0.1) is 0 Å². The lowest BCUT2D eigenvalue weighted by Gasteiger charge is -2.22. The first-order chi connectivity index (χ1) is 10.2. The molecule has 1 heterocycles. The van der Waals surface area contributed by atoms with Crippen molar-refractivity contribution in [1.29, 1.82) is 0 Å². The molecule has 0 saturated carbocycles. The Bertz CT molecular complexity index is 657. The van der Waals surface area contributed by atoms with Crippen LogP contribution in [0.25, 0.3) is 0 Å². The number of carbonyl (C=O) groups is 1. The van der Waals surface area contributed by atoms with Gasteiger partial charge in [0.1, 0.15) is 5.82 Å². The van der Waals surface area contributed by atoms with E-state index in [9.17, 15) is 9.18 Å². The molecule has 0 aliphatic carbocycles. The minimum Gasteiger partial charge on any atom is -0.383 e. The second-order valence-corrected chi connectivity index (χ2v) is 5.15. The summed E-state index contributed by atoms with van der Waals surface area (Å²) in [7, 11) is 0. The van der Waals surface area contributed by atoms with Crippen LogP contribution in [0.3, 0.4) is 0 Å². The zero-order valence-electron chi connectivity index (χ0n) is 11.7. The fourth-order valence-electron chi connectivity index (χ4n) is 2.62. The number of fused-ring (bicyclic) bond motifs is 1. The van der Waals surface area contributed by atoms with Crippen molar-refractivity contribution in [2.45, 2.75) is 12.8 Å². The van der Waals surface area contributed by atoms with Crippen LogP contribution in [0.15, 0.2) is 48.5 Å².